The summed E-state index contributed by atoms with van der Waals surface area (Å²) >= 11 is 0. The van der Waals surface area contributed by atoms with Crippen molar-refractivity contribution in [2.24, 2.45) is 5.41 Å². The maximum Gasteiger partial charge on any atom is 0.330 e. The zero-order valence-electron chi connectivity index (χ0n) is 12.6. The van der Waals surface area contributed by atoms with Crippen molar-refractivity contribution >= 4 is 11.9 Å². The molecule has 0 bridgehead atoms. The molecule has 1 aliphatic rings. The van der Waals surface area contributed by atoms with Gasteiger partial charge in [-0.15, -0.1) is 5.06 Å². The topological polar surface area (TPSA) is 71.5 Å². The summed E-state index contributed by atoms with van der Waals surface area (Å²) in [4.78, 5) is 33.0. The number of aromatic nitrogens is 1. The lowest BCUT2D eigenvalue weighted by atomic mass is 9.98. The average molecular weight is 291 g/mol. The first-order valence-electron chi connectivity index (χ1n) is 7.04. The molecule has 1 saturated heterocycles. The van der Waals surface area contributed by atoms with Gasteiger partial charge in [0.1, 0.15) is 0 Å². The standard InChI is InChI=1S/C15H21N3O3/c1-15(2,3)14(20)21-18-9-6-12(10-18)17-13(19)11-4-7-16-8-5-11/h4-5,7-8,12H,6,9-10H2,1-3H3,(H,17,19)/t12-/m1/s1. The van der Waals surface area contributed by atoms with Crippen molar-refractivity contribution in [3.05, 3.63) is 30.1 Å². The van der Waals surface area contributed by atoms with Gasteiger partial charge in [-0.2, -0.15) is 0 Å². The summed E-state index contributed by atoms with van der Waals surface area (Å²) in [5.74, 6) is -0.394. The molecule has 0 aliphatic carbocycles. The van der Waals surface area contributed by atoms with Gasteiger partial charge < -0.3 is 10.2 Å². The van der Waals surface area contributed by atoms with E-state index < -0.39 is 5.41 Å². The number of pyridine rings is 1. The van der Waals surface area contributed by atoms with Crippen LogP contribution in [0.2, 0.25) is 0 Å². The Morgan fingerprint density at radius 1 is 1.33 bits per heavy atom. The van der Waals surface area contributed by atoms with Crippen LogP contribution in [0.3, 0.4) is 0 Å². The number of amides is 1. The first-order valence-corrected chi connectivity index (χ1v) is 7.04. The van der Waals surface area contributed by atoms with Crippen LogP contribution in [0.5, 0.6) is 0 Å². The molecule has 1 aliphatic heterocycles. The second-order valence-electron chi connectivity index (χ2n) is 6.21. The number of hydrogen-bond acceptors (Lipinski definition) is 5. The molecule has 21 heavy (non-hydrogen) atoms. The first-order chi connectivity index (χ1) is 9.86. The highest BCUT2D eigenvalue weighted by Gasteiger charge is 2.31. The Balaban J connectivity index is 1.83. The molecule has 1 atom stereocenters. The molecule has 1 aromatic rings. The number of nitrogens with one attached hydrogen (secondary N) is 1. The van der Waals surface area contributed by atoms with E-state index in [-0.39, 0.29) is 17.9 Å². The molecule has 6 heteroatoms. The second kappa shape index (κ2) is 6.22. The summed E-state index contributed by atoms with van der Waals surface area (Å²) in [6, 6.07) is 3.32. The van der Waals surface area contributed by atoms with Crippen molar-refractivity contribution in [2.75, 3.05) is 13.1 Å². The minimum absolute atomic E-state index is 0.0153. The lowest BCUT2D eigenvalue weighted by Gasteiger charge is -2.22. The van der Waals surface area contributed by atoms with Crippen LogP contribution >= 0.6 is 0 Å². The zero-order valence-corrected chi connectivity index (χ0v) is 12.6. The molecular weight excluding hydrogens is 270 g/mol. The van der Waals surface area contributed by atoms with Gasteiger partial charge in [-0.05, 0) is 39.3 Å². The number of hydrogen-bond donors (Lipinski definition) is 1. The summed E-state index contributed by atoms with van der Waals surface area (Å²) in [5, 5.41) is 4.55. The number of nitrogens with zero attached hydrogens (tertiary/aromatic N) is 2. The molecule has 1 aromatic heterocycles. The van der Waals surface area contributed by atoms with E-state index in [0.29, 0.717) is 18.7 Å². The summed E-state index contributed by atoms with van der Waals surface area (Å²) < 4.78 is 0. The highest BCUT2D eigenvalue weighted by atomic mass is 16.7. The van der Waals surface area contributed by atoms with E-state index >= 15 is 0 Å². The third-order valence-corrected chi connectivity index (χ3v) is 3.25. The molecule has 0 aromatic carbocycles. The van der Waals surface area contributed by atoms with Crippen LogP contribution < -0.4 is 5.32 Å². The Morgan fingerprint density at radius 2 is 2.00 bits per heavy atom. The van der Waals surface area contributed by atoms with Crippen molar-refractivity contribution < 1.29 is 14.4 Å². The highest BCUT2D eigenvalue weighted by Crippen LogP contribution is 2.18. The molecular formula is C15H21N3O3. The molecule has 1 N–H and O–H groups in total. The van der Waals surface area contributed by atoms with E-state index in [4.69, 9.17) is 4.84 Å². The quantitative estimate of drug-likeness (QED) is 0.911. The van der Waals surface area contributed by atoms with E-state index in [1.54, 1.807) is 29.6 Å². The van der Waals surface area contributed by atoms with Crippen molar-refractivity contribution in [3.8, 4) is 0 Å². The maximum absolute atomic E-state index is 12.0. The number of rotatable bonds is 3. The predicted octanol–water partition coefficient (Wildman–Crippen LogP) is 1.39. The molecule has 0 saturated carbocycles. The van der Waals surface area contributed by atoms with Gasteiger partial charge in [-0.25, -0.2) is 4.79 Å². The van der Waals surface area contributed by atoms with Crippen LogP contribution in [0, 0.1) is 5.41 Å². The fourth-order valence-electron chi connectivity index (χ4n) is 1.96. The fraction of sp³-hybridized carbons (Fsp3) is 0.533. The Kier molecular flexibility index (Phi) is 4.57. The van der Waals surface area contributed by atoms with Crippen molar-refractivity contribution in [1.29, 1.82) is 0 Å². The summed E-state index contributed by atoms with van der Waals surface area (Å²) in [6.07, 6.45) is 3.93. The Morgan fingerprint density at radius 3 is 2.62 bits per heavy atom. The molecule has 6 nitrogen and oxygen atoms in total. The summed E-state index contributed by atoms with van der Waals surface area (Å²) in [6.45, 7) is 6.58. The van der Waals surface area contributed by atoms with Crippen molar-refractivity contribution in [3.63, 3.8) is 0 Å². The van der Waals surface area contributed by atoms with E-state index in [1.165, 1.54) is 0 Å². The van der Waals surface area contributed by atoms with Crippen LogP contribution in [-0.4, -0.2) is 41.1 Å². The molecule has 2 rings (SSSR count). The van der Waals surface area contributed by atoms with Gasteiger partial charge in [0.25, 0.3) is 5.91 Å². The van der Waals surface area contributed by atoms with Crippen LogP contribution in [0.25, 0.3) is 0 Å². The third kappa shape index (κ3) is 4.26. The monoisotopic (exact) mass is 291 g/mol. The summed E-state index contributed by atoms with van der Waals surface area (Å²) in [5.41, 5.74) is 0.0494. The van der Waals surface area contributed by atoms with Crippen LogP contribution in [0.4, 0.5) is 0 Å². The number of hydroxylamine groups is 2. The second-order valence-corrected chi connectivity index (χ2v) is 6.21. The van der Waals surface area contributed by atoms with Gasteiger partial charge in [-0.3, -0.25) is 9.78 Å². The van der Waals surface area contributed by atoms with Gasteiger partial charge in [0, 0.05) is 30.5 Å². The lowest BCUT2D eigenvalue weighted by Crippen LogP contribution is -2.38. The van der Waals surface area contributed by atoms with Gasteiger partial charge in [0.05, 0.1) is 12.0 Å². The van der Waals surface area contributed by atoms with Crippen molar-refractivity contribution in [1.82, 2.24) is 15.4 Å². The SMILES string of the molecule is CC(C)(C)C(=O)ON1CC[C@@H](NC(=O)c2ccncc2)C1. The highest BCUT2D eigenvalue weighted by molar-refractivity contribution is 5.94. The van der Waals surface area contributed by atoms with Crippen LogP contribution in [0.1, 0.15) is 37.6 Å². The third-order valence-electron chi connectivity index (χ3n) is 3.25. The van der Waals surface area contributed by atoms with Gasteiger partial charge in [-0.1, -0.05) is 0 Å². The van der Waals surface area contributed by atoms with E-state index in [9.17, 15) is 9.59 Å². The molecule has 114 valence electrons. The minimum Gasteiger partial charge on any atom is -0.367 e. The largest absolute Gasteiger partial charge is 0.367 e. The normalized spacial score (nSPS) is 19.3. The molecule has 0 spiro atoms. The van der Waals surface area contributed by atoms with E-state index in [0.717, 1.165) is 6.42 Å². The predicted molar refractivity (Wildman–Crippen MR) is 77.2 cm³/mol. The summed E-state index contributed by atoms with van der Waals surface area (Å²) in [7, 11) is 0. The van der Waals surface area contributed by atoms with Gasteiger partial charge in [0.15, 0.2) is 0 Å². The van der Waals surface area contributed by atoms with E-state index in [1.807, 2.05) is 20.8 Å². The number of carbonyl (C=O) groups is 2. The molecule has 1 amide bonds. The van der Waals surface area contributed by atoms with E-state index in [2.05, 4.69) is 10.3 Å². The Hall–Kier alpha value is -1.95. The van der Waals surface area contributed by atoms with Crippen molar-refractivity contribution in [2.45, 2.75) is 33.2 Å². The number of carbonyl (C=O) groups excluding carboxylic acids is 2. The minimum atomic E-state index is -0.529. The lowest BCUT2D eigenvalue weighted by molar-refractivity contribution is -0.195. The smallest absolute Gasteiger partial charge is 0.330 e. The molecule has 2 heterocycles. The molecule has 0 radical (unpaired) electrons. The average Bonchev–Trinajstić information content (AvgIpc) is 2.86. The van der Waals surface area contributed by atoms with Crippen LogP contribution in [-0.2, 0) is 9.63 Å². The Bertz CT molecular complexity index is 511. The molecule has 0 unspecified atom stereocenters. The maximum atomic E-state index is 12.0. The Labute approximate surface area is 124 Å². The first kappa shape index (κ1) is 15.4. The van der Waals surface area contributed by atoms with Gasteiger partial charge >= 0.3 is 5.97 Å². The zero-order chi connectivity index (χ0) is 15.5. The van der Waals surface area contributed by atoms with Gasteiger partial charge in [0.2, 0.25) is 0 Å². The van der Waals surface area contributed by atoms with Crippen LogP contribution in [0.15, 0.2) is 24.5 Å². The fourth-order valence-corrected chi connectivity index (χ4v) is 1.96. The molecule has 1 fully saturated rings.